The zero-order valence-corrected chi connectivity index (χ0v) is 20.4. The van der Waals surface area contributed by atoms with Gasteiger partial charge in [-0.05, 0) is 73.3 Å². The Morgan fingerprint density at radius 3 is 2.35 bits per heavy atom. The lowest BCUT2D eigenvalue weighted by atomic mass is 9.82. The smallest absolute Gasteiger partial charge is 0.340 e. The highest BCUT2D eigenvalue weighted by molar-refractivity contribution is 5.74. The second-order valence-electron chi connectivity index (χ2n) is 9.17. The van der Waals surface area contributed by atoms with Crippen LogP contribution in [0, 0.1) is 11.3 Å². The van der Waals surface area contributed by atoms with Gasteiger partial charge in [0.2, 0.25) is 0 Å². The van der Waals surface area contributed by atoms with Crippen molar-refractivity contribution in [2.45, 2.75) is 89.8 Å². The zero-order chi connectivity index (χ0) is 24.3. The summed E-state index contributed by atoms with van der Waals surface area (Å²) in [6.07, 6.45) is 5.55. The molecule has 0 aromatic heterocycles. The van der Waals surface area contributed by atoms with Crippen LogP contribution >= 0.6 is 0 Å². The zero-order valence-electron chi connectivity index (χ0n) is 20.4. The number of benzene rings is 2. The van der Waals surface area contributed by atoms with Gasteiger partial charge in [0.05, 0.1) is 12.2 Å². The summed E-state index contributed by atoms with van der Waals surface area (Å²) in [5, 5.41) is 9.52. The van der Waals surface area contributed by atoms with E-state index in [9.17, 15) is 14.4 Å². The molecule has 0 aliphatic heterocycles. The molecular formula is C29H36FNO3. The van der Waals surface area contributed by atoms with Crippen LogP contribution in [-0.2, 0) is 9.53 Å². The number of hydrogen-bond acceptors (Lipinski definition) is 4. The third kappa shape index (κ3) is 7.06. The van der Waals surface area contributed by atoms with Gasteiger partial charge >= 0.3 is 5.97 Å². The van der Waals surface area contributed by atoms with E-state index in [4.69, 9.17) is 9.47 Å². The molecule has 0 radical (unpaired) electrons. The van der Waals surface area contributed by atoms with E-state index in [-0.39, 0.29) is 12.5 Å². The Balaban J connectivity index is 1.55. The van der Waals surface area contributed by atoms with Crippen LogP contribution in [0.25, 0.3) is 11.1 Å². The third-order valence-electron chi connectivity index (χ3n) is 6.59. The standard InChI is InChI=1S/C29H36FNO3/c1-3-5-7-27(30)29(32)34-26-15-12-22(13-16-26)21-8-10-23(11-9-21)24-14-17-28(25(19-24)20-31)33-18-6-4-2/h8-11,14,17,19,22,26-27H,3-7,12-13,15-16,18H2,1-2H3/t22?,26?,27-/m0/s1. The first-order valence-corrected chi connectivity index (χ1v) is 12.7. The monoisotopic (exact) mass is 465 g/mol. The van der Waals surface area contributed by atoms with Crippen LogP contribution in [0.15, 0.2) is 42.5 Å². The van der Waals surface area contributed by atoms with Crippen LogP contribution in [-0.4, -0.2) is 24.9 Å². The molecule has 1 fully saturated rings. The van der Waals surface area contributed by atoms with E-state index in [2.05, 4.69) is 37.3 Å². The molecule has 34 heavy (non-hydrogen) atoms. The molecule has 0 saturated heterocycles. The number of hydrogen-bond donors (Lipinski definition) is 0. The first-order valence-electron chi connectivity index (χ1n) is 12.7. The van der Waals surface area contributed by atoms with Crippen molar-refractivity contribution in [3.8, 4) is 22.9 Å². The van der Waals surface area contributed by atoms with Crippen LogP contribution in [0.4, 0.5) is 4.39 Å². The van der Waals surface area contributed by atoms with E-state index in [1.54, 1.807) is 0 Å². The molecule has 1 saturated carbocycles. The normalized spacial score (nSPS) is 18.6. The summed E-state index contributed by atoms with van der Waals surface area (Å²) < 4.78 is 25.1. The van der Waals surface area contributed by atoms with Crippen molar-refractivity contribution >= 4 is 5.97 Å². The van der Waals surface area contributed by atoms with Gasteiger partial charge in [-0.2, -0.15) is 5.26 Å². The Bertz CT molecular complexity index is 958. The Morgan fingerprint density at radius 2 is 1.71 bits per heavy atom. The van der Waals surface area contributed by atoms with Crippen LogP contribution < -0.4 is 4.74 Å². The Kier molecular flexibility index (Phi) is 9.94. The number of carbonyl (C=O) groups is 1. The summed E-state index contributed by atoms with van der Waals surface area (Å²) in [7, 11) is 0. The number of unbranched alkanes of at least 4 members (excludes halogenated alkanes) is 2. The predicted molar refractivity (Wildman–Crippen MR) is 133 cm³/mol. The van der Waals surface area contributed by atoms with Crippen LogP contribution in [0.1, 0.15) is 88.7 Å². The third-order valence-corrected chi connectivity index (χ3v) is 6.59. The lowest BCUT2D eigenvalue weighted by Gasteiger charge is -2.29. The molecular weight excluding hydrogens is 429 g/mol. The van der Waals surface area contributed by atoms with Crippen molar-refractivity contribution in [3.05, 3.63) is 53.6 Å². The second-order valence-corrected chi connectivity index (χ2v) is 9.17. The highest BCUT2D eigenvalue weighted by Crippen LogP contribution is 2.35. The molecule has 2 aromatic carbocycles. The maximum absolute atomic E-state index is 13.9. The van der Waals surface area contributed by atoms with Crippen molar-refractivity contribution in [1.29, 1.82) is 5.26 Å². The molecule has 1 aliphatic rings. The number of ether oxygens (including phenoxy) is 2. The van der Waals surface area contributed by atoms with Crippen molar-refractivity contribution in [3.63, 3.8) is 0 Å². The fourth-order valence-electron chi connectivity index (χ4n) is 4.45. The highest BCUT2D eigenvalue weighted by Gasteiger charge is 2.27. The van der Waals surface area contributed by atoms with Gasteiger partial charge in [0.1, 0.15) is 17.9 Å². The maximum Gasteiger partial charge on any atom is 0.340 e. The predicted octanol–water partition coefficient (Wildman–Crippen LogP) is 7.50. The summed E-state index contributed by atoms with van der Waals surface area (Å²) in [6.45, 7) is 4.71. The van der Waals surface area contributed by atoms with Crippen molar-refractivity contribution in [1.82, 2.24) is 0 Å². The minimum Gasteiger partial charge on any atom is -0.492 e. The number of nitrogens with zero attached hydrogens (tertiary/aromatic N) is 1. The number of carbonyl (C=O) groups excluding carboxylic acids is 1. The number of alkyl halides is 1. The summed E-state index contributed by atoms with van der Waals surface area (Å²) in [5.74, 6) is 0.354. The Labute approximate surface area is 203 Å². The van der Waals surface area contributed by atoms with E-state index < -0.39 is 12.1 Å². The topological polar surface area (TPSA) is 59.3 Å². The first-order chi connectivity index (χ1) is 16.5. The molecule has 182 valence electrons. The van der Waals surface area contributed by atoms with Gasteiger partial charge in [0, 0.05) is 0 Å². The SMILES string of the molecule is CCCCOc1ccc(-c2ccc(C3CCC(OC(=O)[C@@H](F)CCCC)CC3)cc2)cc1C#N. The van der Waals surface area contributed by atoms with Crippen molar-refractivity contribution < 1.29 is 18.7 Å². The summed E-state index contributed by atoms with van der Waals surface area (Å²) in [6, 6.07) is 16.5. The quantitative estimate of drug-likeness (QED) is 0.255. The molecule has 0 N–H and O–H groups in total. The molecule has 4 nitrogen and oxygen atoms in total. The molecule has 3 rings (SSSR count). The molecule has 0 heterocycles. The van der Waals surface area contributed by atoms with E-state index in [1.165, 1.54) is 5.56 Å². The van der Waals surface area contributed by atoms with E-state index in [0.717, 1.165) is 56.1 Å². The minimum atomic E-state index is -1.50. The maximum atomic E-state index is 13.9. The van der Waals surface area contributed by atoms with Crippen molar-refractivity contribution in [2.75, 3.05) is 6.61 Å². The van der Waals surface area contributed by atoms with Gasteiger partial charge in [-0.3, -0.25) is 0 Å². The molecule has 1 aliphatic carbocycles. The molecule has 0 unspecified atom stereocenters. The Morgan fingerprint density at radius 1 is 1.03 bits per heavy atom. The van der Waals surface area contributed by atoms with Gasteiger partial charge in [-0.1, -0.05) is 63.4 Å². The fourth-order valence-corrected chi connectivity index (χ4v) is 4.45. The number of rotatable bonds is 11. The molecule has 0 amide bonds. The number of esters is 1. The van der Waals surface area contributed by atoms with Gasteiger partial charge in [0.15, 0.2) is 6.17 Å². The van der Waals surface area contributed by atoms with Crippen molar-refractivity contribution in [2.24, 2.45) is 0 Å². The van der Waals surface area contributed by atoms with E-state index >= 15 is 0 Å². The molecule has 0 bridgehead atoms. The van der Waals surface area contributed by atoms with Crippen LogP contribution in [0.5, 0.6) is 5.75 Å². The molecule has 2 aromatic rings. The lowest BCUT2D eigenvalue weighted by molar-refractivity contribution is -0.157. The van der Waals surface area contributed by atoms with Gasteiger partial charge < -0.3 is 9.47 Å². The lowest BCUT2D eigenvalue weighted by Crippen LogP contribution is -2.28. The molecule has 1 atom stereocenters. The Hall–Kier alpha value is -2.87. The summed E-state index contributed by atoms with van der Waals surface area (Å²) in [4.78, 5) is 11.9. The molecule has 0 spiro atoms. The number of nitriles is 1. The number of halogens is 1. The average Bonchev–Trinajstić information content (AvgIpc) is 2.88. The fraction of sp³-hybridized carbons (Fsp3) is 0.517. The van der Waals surface area contributed by atoms with Gasteiger partial charge in [-0.15, -0.1) is 0 Å². The van der Waals surface area contributed by atoms with Gasteiger partial charge in [-0.25, -0.2) is 9.18 Å². The van der Waals surface area contributed by atoms with Crippen LogP contribution in [0.2, 0.25) is 0 Å². The minimum absolute atomic E-state index is 0.176. The highest BCUT2D eigenvalue weighted by atomic mass is 19.1. The average molecular weight is 466 g/mol. The summed E-state index contributed by atoms with van der Waals surface area (Å²) in [5.41, 5.74) is 3.87. The van der Waals surface area contributed by atoms with Crippen LogP contribution in [0.3, 0.4) is 0 Å². The largest absolute Gasteiger partial charge is 0.492 e. The van der Waals surface area contributed by atoms with Gasteiger partial charge in [0.25, 0.3) is 0 Å². The van der Waals surface area contributed by atoms with E-state index in [1.807, 2.05) is 25.1 Å². The summed E-state index contributed by atoms with van der Waals surface area (Å²) >= 11 is 0. The van der Waals surface area contributed by atoms with E-state index in [0.29, 0.717) is 30.3 Å². The second kappa shape index (κ2) is 13.1. The first kappa shape index (κ1) is 25.7. The molecule has 5 heteroatoms.